The Morgan fingerprint density at radius 2 is 1.26 bits per heavy atom. The summed E-state index contributed by atoms with van der Waals surface area (Å²) in [5, 5.41) is 0. The molecule has 3 nitrogen and oxygen atoms in total. The SMILES string of the molecule is CCCCCCCCS(=O)(=O)O.CCCCCS.F. The minimum Gasteiger partial charge on any atom is -0.286 e. The minimum atomic E-state index is -3.72. The largest absolute Gasteiger partial charge is 0.286 e. The smallest absolute Gasteiger partial charge is 0.264 e. The first-order valence-electron chi connectivity index (χ1n) is 7.04. The van der Waals surface area contributed by atoms with E-state index in [0.29, 0.717) is 6.42 Å². The second-order valence-corrected chi connectivity index (χ2v) is 6.50. The van der Waals surface area contributed by atoms with E-state index in [1.807, 2.05) is 0 Å². The molecule has 0 unspecified atom stereocenters. The van der Waals surface area contributed by atoms with E-state index in [1.165, 1.54) is 38.5 Å². The van der Waals surface area contributed by atoms with E-state index >= 15 is 0 Å². The summed E-state index contributed by atoms with van der Waals surface area (Å²) in [6.45, 7) is 4.33. The van der Waals surface area contributed by atoms with Gasteiger partial charge in [0.25, 0.3) is 10.1 Å². The summed E-state index contributed by atoms with van der Waals surface area (Å²) in [7, 11) is -3.72. The van der Waals surface area contributed by atoms with Crippen LogP contribution in [-0.4, -0.2) is 24.5 Å². The van der Waals surface area contributed by atoms with Crippen LogP contribution in [0.2, 0.25) is 0 Å². The Labute approximate surface area is 124 Å². The Hall–Kier alpha value is 0.190. The lowest BCUT2D eigenvalue weighted by molar-refractivity contribution is 0.478. The summed E-state index contributed by atoms with van der Waals surface area (Å²) in [6, 6.07) is 0. The molecule has 0 aromatic rings. The van der Waals surface area contributed by atoms with Gasteiger partial charge in [0.05, 0.1) is 5.75 Å². The first-order valence-corrected chi connectivity index (χ1v) is 9.28. The van der Waals surface area contributed by atoms with Crippen molar-refractivity contribution < 1.29 is 17.7 Å². The van der Waals surface area contributed by atoms with Gasteiger partial charge in [-0.25, -0.2) is 0 Å². The normalized spacial score (nSPS) is 10.3. The predicted molar refractivity (Wildman–Crippen MR) is 85.7 cm³/mol. The van der Waals surface area contributed by atoms with Gasteiger partial charge in [-0.05, 0) is 18.6 Å². The number of rotatable bonds is 10. The van der Waals surface area contributed by atoms with Crippen LogP contribution in [0.3, 0.4) is 0 Å². The van der Waals surface area contributed by atoms with Crippen molar-refractivity contribution in [2.75, 3.05) is 11.5 Å². The van der Waals surface area contributed by atoms with Crippen LogP contribution in [0.15, 0.2) is 0 Å². The van der Waals surface area contributed by atoms with Crippen molar-refractivity contribution in [1.29, 1.82) is 0 Å². The Morgan fingerprint density at radius 1 is 0.842 bits per heavy atom. The lowest BCUT2D eigenvalue weighted by atomic mass is 10.1. The van der Waals surface area contributed by atoms with E-state index in [1.54, 1.807) is 0 Å². The average Bonchev–Trinajstić information content (AvgIpc) is 2.30. The first-order chi connectivity index (χ1) is 8.47. The molecule has 0 radical (unpaired) electrons. The summed E-state index contributed by atoms with van der Waals surface area (Å²) in [5.41, 5.74) is 0. The molecule has 0 amide bonds. The van der Waals surface area contributed by atoms with E-state index in [0.717, 1.165) is 18.6 Å². The molecule has 0 aromatic carbocycles. The zero-order valence-electron chi connectivity index (χ0n) is 12.3. The molecule has 6 heteroatoms. The zero-order valence-corrected chi connectivity index (χ0v) is 14.0. The second-order valence-electron chi connectivity index (χ2n) is 4.48. The number of unbranched alkanes of at least 4 members (excludes halogenated alkanes) is 7. The number of hydrogen-bond acceptors (Lipinski definition) is 3. The van der Waals surface area contributed by atoms with Gasteiger partial charge < -0.3 is 0 Å². The van der Waals surface area contributed by atoms with Crippen LogP contribution in [0.5, 0.6) is 0 Å². The summed E-state index contributed by atoms with van der Waals surface area (Å²) < 4.78 is 28.9. The lowest BCUT2D eigenvalue weighted by Gasteiger charge is -1.98. The van der Waals surface area contributed by atoms with Gasteiger partial charge in [-0.15, -0.1) is 0 Å². The molecular formula is C13H31FO3S2. The van der Waals surface area contributed by atoms with Crippen molar-refractivity contribution in [3.8, 4) is 0 Å². The molecule has 0 aliphatic rings. The molecule has 0 heterocycles. The van der Waals surface area contributed by atoms with E-state index in [9.17, 15) is 8.42 Å². The van der Waals surface area contributed by atoms with Crippen molar-refractivity contribution in [2.24, 2.45) is 0 Å². The van der Waals surface area contributed by atoms with Crippen LogP contribution < -0.4 is 0 Å². The Bertz CT molecular complexity index is 240. The van der Waals surface area contributed by atoms with Gasteiger partial charge >= 0.3 is 0 Å². The fraction of sp³-hybridized carbons (Fsp3) is 1.00. The molecule has 0 saturated heterocycles. The fourth-order valence-corrected chi connectivity index (χ4v) is 2.22. The van der Waals surface area contributed by atoms with Crippen LogP contribution in [0, 0.1) is 0 Å². The third-order valence-corrected chi connectivity index (χ3v) is 3.64. The fourth-order valence-electron chi connectivity index (χ4n) is 1.43. The molecule has 0 aromatic heterocycles. The van der Waals surface area contributed by atoms with Gasteiger partial charge in [0.15, 0.2) is 0 Å². The molecule has 19 heavy (non-hydrogen) atoms. The molecule has 0 bridgehead atoms. The van der Waals surface area contributed by atoms with Gasteiger partial charge in [-0.2, -0.15) is 21.0 Å². The summed E-state index contributed by atoms with van der Waals surface area (Å²) in [4.78, 5) is 0. The third kappa shape index (κ3) is 32.1. The minimum absolute atomic E-state index is 0. The summed E-state index contributed by atoms with van der Waals surface area (Å²) >= 11 is 4.05. The molecule has 0 saturated carbocycles. The summed E-state index contributed by atoms with van der Waals surface area (Å²) in [6.07, 6.45) is 10.1. The first kappa shape index (κ1) is 24.2. The average molecular weight is 319 g/mol. The quantitative estimate of drug-likeness (QED) is 0.354. The van der Waals surface area contributed by atoms with Crippen molar-refractivity contribution in [3.63, 3.8) is 0 Å². The lowest BCUT2D eigenvalue weighted by Crippen LogP contribution is -2.03. The van der Waals surface area contributed by atoms with E-state index in [-0.39, 0.29) is 10.5 Å². The van der Waals surface area contributed by atoms with Crippen LogP contribution >= 0.6 is 12.6 Å². The van der Waals surface area contributed by atoms with Gasteiger partial charge in [-0.3, -0.25) is 9.26 Å². The van der Waals surface area contributed by atoms with Crippen LogP contribution in [0.1, 0.15) is 71.6 Å². The highest BCUT2D eigenvalue weighted by atomic mass is 32.2. The van der Waals surface area contributed by atoms with Crippen molar-refractivity contribution in [1.82, 2.24) is 0 Å². The maximum Gasteiger partial charge on any atom is 0.264 e. The second kappa shape index (κ2) is 18.2. The molecule has 0 fully saturated rings. The van der Waals surface area contributed by atoms with Crippen LogP contribution in [0.4, 0.5) is 4.70 Å². The monoisotopic (exact) mass is 318 g/mol. The van der Waals surface area contributed by atoms with E-state index in [2.05, 4.69) is 26.5 Å². The molecule has 120 valence electrons. The van der Waals surface area contributed by atoms with Crippen molar-refractivity contribution in [2.45, 2.75) is 71.6 Å². The topological polar surface area (TPSA) is 54.4 Å². The summed E-state index contributed by atoms with van der Waals surface area (Å²) in [5.74, 6) is 0.965. The number of hydrogen-bond donors (Lipinski definition) is 2. The van der Waals surface area contributed by atoms with Gasteiger partial charge in [-0.1, -0.05) is 58.8 Å². The Kier molecular flexibility index (Phi) is 23.2. The van der Waals surface area contributed by atoms with E-state index in [4.69, 9.17) is 4.55 Å². The molecular weight excluding hydrogens is 287 g/mol. The molecule has 0 aliphatic carbocycles. The van der Waals surface area contributed by atoms with Gasteiger partial charge in [0.2, 0.25) is 0 Å². The van der Waals surface area contributed by atoms with Crippen molar-refractivity contribution in [3.05, 3.63) is 0 Å². The highest BCUT2D eigenvalue weighted by Gasteiger charge is 2.02. The van der Waals surface area contributed by atoms with Gasteiger partial charge in [0.1, 0.15) is 0 Å². The molecule has 0 spiro atoms. The molecule has 1 N–H and O–H groups in total. The Balaban J connectivity index is -0.000000313. The maximum absolute atomic E-state index is 10.3. The van der Waals surface area contributed by atoms with Crippen LogP contribution in [-0.2, 0) is 10.1 Å². The third-order valence-electron chi connectivity index (χ3n) is 2.52. The molecule has 0 aliphatic heterocycles. The number of halogens is 1. The highest BCUT2D eigenvalue weighted by Crippen LogP contribution is 2.05. The van der Waals surface area contributed by atoms with Crippen molar-refractivity contribution >= 4 is 22.7 Å². The predicted octanol–water partition coefficient (Wildman–Crippen LogP) is 4.49. The molecule has 0 atom stereocenters. The standard InChI is InChI=1S/C8H18O3S.C5H12S.FH/c1-2-3-4-5-6-7-8-12(9,10)11;1-2-3-4-5-6;/h2-8H2,1H3,(H,9,10,11);6H,2-5H2,1H3;1H. The maximum atomic E-state index is 10.3. The van der Waals surface area contributed by atoms with Gasteiger partial charge in [0, 0.05) is 0 Å². The number of thiol groups is 1. The Morgan fingerprint density at radius 3 is 1.63 bits per heavy atom. The van der Waals surface area contributed by atoms with E-state index < -0.39 is 10.1 Å². The zero-order chi connectivity index (χ0) is 14.3. The molecule has 0 rings (SSSR count). The van der Waals surface area contributed by atoms with Crippen LogP contribution in [0.25, 0.3) is 0 Å². The highest BCUT2D eigenvalue weighted by molar-refractivity contribution is 7.85.